The lowest BCUT2D eigenvalue weighted by atomic mass is 10.0. The molecule has 0 saturated carbocycles. The molecule has 4 rings (SSSR count). The first-order chi connectivity index (χ1) is 14.5. The van der Waals surface area contributed by atoms with Crippen molar-refractivity contribution < 1.29 is 9.21 Å². The fraction of sp³-hybridized carbons (Fsp3) is 0.208. The Bertz CT molecular complexity index is 1140. The number of aromatic nitrogens is 3. The van der Waals surface area contributed by atoms with E-state index in [0.717, 1.165) is 11.1 Å². The van der Waals surface area contributed by atoms with Gasteiger partial charge in [0, 0.05) is 12.1 Å². The summed E-state index contributed by atoms with van der Waals surface area (Å²) in [5, 5.41) is 7.68. The predicted molar refractivity (Wildman–Crippen MR) is 116 cm³/mol. The maximum Gasteiger partial charge on any atom is 0.281 e. The number of rotatable bonds is 6. The van der Waals surface area contributed by atoms with Gasteiger partial charge in [-0.3, -0.25) is 4.79 Å². The van der Waals surface area contributed by atoms with Crippen molar-refractivity contribution in [3.8, 4) is 11.6 Å². The summed E-state index contributed by atoms with van der Waals surface area (Å²) < 4.78 is 6.73. The van der Waals surface area contributed by atoms with Crippen LogP contribution in [-0.4, -0.2) is 20.7 Å². The van der Waals surface area contributed by atoms with Crippen molar-refractivity contribution >= 4 is 11.9 Å². The van der Waals surface area contributed by atoms with Crippen LogP contribution in [-0.2, 0) is 6.54 Å². The molecule has 0 aliphatic heterocycles. The van der Waals surface area contributed by atoms with Gasteiger partial charge in [-0.15, -0.1) is 5.10 Å². The summed E-state index contributed by atoms with van der Waals surface area (Å²) in [5.41, 5.74) is 3.85. The summed E-state index contributed by atoms with van der Waals surface area (Å²) in [7, 11) is 0. The zero-order chi connectivity index (χ0) is 21.1. The molecule has 6 nitrogen and oxygen atoms in total. The first-order valence-corrected chi connectivity index (χ1v) is 9.97. The molecule has 4 aromatic rings. The molecule has 0 radical (unpaired) electrons. The molecule has 2 aromatic heterocycles. The molecule has 0 amide bonds. The molecule has 6 heteroatoms. The van der Waals surface area contributed by atoms with Crippen LogP contribution in [0.4, 0.5) is 5.95 Å². The molecule has 1 N–H and O–H groups in total. The number of hydrogen-bond donors (Lipinski definition) is 1. The van der Waals surface area contributed by atoms with Crippen molar-refractivity contribution in [1.82, 2.24) is 14.8 Å². The van der Waals surface area contributed by atoms with Crippen LogP contribution in [0, 0.1) is 6.92 Å². The van der Waals surface area contributed by atoms with Crippen LogP contribution in [0.25, 0.3) is 11.6 Å². The minimum Gasteiger partial charge on any atom is -0.461 e. The second-order valence-corrected chi connectivity index (χ2v) is 7.52. The summed E-state index contributed by atoms with van der Waals surface area (Å²) in [6, 6.07) is 19.4. The molecule has 0 atom stereocenters. The van der Waals surface area contributed by atoms with Gasteiger partial charge < -0.3 is 9.73 Å². The third kappa shape index (κ3) is 4.03. The summed E-state index contributed by atoms with van der Waals surface area (Å²) in [5.74, 6) is 1.49. The van der Waals surface area contributed by atoms with E-state index in [0.29, 0.717) is 35.6 Å². The van der Waals surface area contributed by atoms with Gasteiger partial charge >= 0.3 is 0 Å². The largest absolute Gasteiger partial charge is 0.461 e. The van der Waals surface area contributed by atoms with Gasteiger partial charge in [-0.1, -0.05) is 56.3 Å². The number of aryl methyl sites for hydroxylation is 1. The lowest BCUT2D eigenvalue weighted by Crippen LogP contribution is -2.18. The molecule has 2 aromatic carbocycles. The first-order valence-electron chi connectivity index (χ1n) is 9.97. The highest BCUT2D eigenvalue weighted by Gasteiger charge is 2.20. The van der Waals surface area contributed by atoms with Crippen LogP contribution in [0.3, 0.4) is 0 Å². The summed E-state index contributed by atoms with van der Waals surface area (Å²) in [4.78, 5) is 17.7. The average Bonchev–Trinajstić information content (AvgIpc) is 3.42. The number of benzene rings is 2. The molecule has 0 unspecified atom stereocenters. The Labute approximate surface area is 175 Å². The van der Waals surface area contributed by atoms with Crippen LogP contribution >= 0.6 is 0 Å². The van der Waals surface area contributed by atoms with Gasteiger partial charge in [-0.05, 0) is 47.7 Å². The second-order valence-electron chi connectivity index (χ2n) is 7.52. The SMILES string of the molecule is Cc1ccccc1C(=O)n1nc(-c2ccco2)nc1NCc1ccc(C(C)C)cc1. The van der Waals surface area contributed by atoms with E-state index >= 15 is 0 Å². The van der Waals surface area contributed by atoms with E-state index in [-0.39, 0.29) is 5.91 Å². The fourth-order valence-electron chi connectivity index (χ4n) is 3.21. The standard InChI is InChI=1S/C24H24N4O2/c1-16(2)19-12-10-18(11-13-19)15-25-24-26-22(21-9-6-14-30-21)27-28(24)23(29)20-8-5-4-7-17(20)3/h4-14,16H,15H2,1-3H3,(H,25,26,27). The molecule has 0 aliphatic carbocycles. The molecule has 2 heterocycles. The number of anilines is 1. The summed E-state index contributed by atoms with van der Waals surface area (Å²) >= 11 is 0. The number of nitrogens with zero attached hydrogens (tertiary/aromatic N) is 3. The molecule has 0 aliphatic rings. The van der Waals surface area contributed by atoms with Crippen LogP contribution in [0.2, 0.25) is 0 Å². The fourth-order valence-corrected chi connectivity index (χ4v) is 3.21. The van der Waals surface area contributed by atoms with Gasteiger partial charge in [0.2, 0.25) is 11.8 Å². The molecule has 0 fully saturated rings. The highest BCUT2D eigenvalue weighted by molar-refractivity contribution is 5.98. The van der Waals surface area contributed by atoms with Gasteiger partial charge in [-0.2, -0.15) is 9.67 Å². The second kappa shape index (κ2) is 8.37. The van der Waals surface area contributed by atoms with Crippen molar-refractivity contribution in [3.05, 3.63) is 89.2 Å². The first kappa shape index (κ1) is 19.6. The van der Waals surface area contributed by atoms with E-state index in [1.807, 2.05) is 25.1 Å². The zero-order valence-electron chi connectivity index (χ0n) is 17.3. The Morgan fingerprint density at radius 2 is 1.83 bits per heavy atom. The minimum atomic E-state index is -0.240. The Morgan fingerprint density at radius 3 is 2.50 bits per heavy atom. The molecule has 152 valence electrons. The predicted octanol–water partition coefficient (Wildman–Crippen LogP) is 5.27. The molecule has 0 bridgehead atoms. The van der Waals surface area contributed by atoms with E-state index in [1.165, 1.54) is 10.2 Å². The number of nitrogens with one attached hydrogen (secondary N) is 1. The van der Waals surface area contributed by atoms with E-state index in [2.05, 4.69) is 53.5 Å². The van der Waals surface area contributed by atoms with Gasteiger partial charge in [0.05, 0.1) is 6.26 Å². The zero-order valence-corrected chi connectivity index (χ0v) is 17.3. The monoisotopic (exact) mass is 400 g/mol. The van der Waals surface area contributed by atoms with Crippen molar-refractivity contribution in [2.75, 3.05) is 5.32 Å². The highest BCUT2D eigenvalue weighted by atomic mass is 16.3. The molecular formula is C24H24N4O2. The van der Waals surface area contributed by atoms with Crippen LogP contribution in [0.5, 0.6) is 0 Å². The van der Waals surface area contributed by atoms with E-state index < -0.39 is 0 Å². The third-order valence-corrected chi connectivity index (χ3v) is 5.01. The highest BCUT2D eigenvalue weighted by Crippen LogP contribution is 2.21. The maximum atomic E-state index is 13.2. The molecular weight excluding hydrogens is 376 g/mol. The van der Waals surface area contributed by atoms with Gasteiger partial charge in [0.25, 0.3) is 5.91 Å². The lowest BCUT2D eigenvalue weighted by Gasteiger charge is -2.10. The molecule has 0 saturated heterocycles. The quantitative estimate of drug-likeness (QED) is 0.477. The Kier molecular flexibility index (Phi) is 5.48. The number of furan rings is 1. The molecule has 30 heavy (non-hydrogen) atoms. The minimum absolute atomic E-state index is 0.240. The molecule has 0 spiro atoms. The van der Waals surface area contributed by atoms with Gasteiger partial charge in [0.15, 0.2) is 5.76 Å². The van der Waals surface area contributed by atoms with E-state index in [9.17, 15) is 4.79 Å². The van der Waals surface area contributed by atoms with Crippen LogP contribution in [0.1, 0.15) is 46.8 Å². The Balaban J connectivity index is 1.64. The van der Waals surface area contributed by atoms with Crippen LogP contribution < -0.4 is 5.32 Å². The summed E-state index contributed by atoms with van der Waals surface area (Å²) in [6.45, 7) is 6.77. The van der Waals surface area contributed by atoms with E-state index in [1.54, 1.807) is 24.5 Å². The Morgan fingerprint density at radius 1 is 1.07 bits per heavy atom. The Hall–Kier alpha value is -3.67. The smallest absolute Gasteiger partial charge is 0.281 e. The number of carbonyl (C=O) groups excluding carboxylic acids is 1. The van der Waals surface area contributed by atoms with Crippen molar-refractivity contribution in [2.45, 2.75) is 33.2 Å². The third-order valence-electron chi connectivity index (χ3n) is 5.01. The lowest BCUT2D eigenvalue weighted by molar-refractivity contribution is 0.0947. The van der Waals surface area contributed by atoms with Gasteiger partial charge in [0.1, 0.15) is 0 Å². The average molecular weight is 400 g/mol. The van der Waals surface area contributed by atoms with Crippen LogP contribution in [0.15, 0.2) is 71.3 Å². The number of carbonyl (C=O) groups is 1. The van der Waals surface area contributed by atoms with E-state index in [4.69, 9.17) is 4.42 Å². The number of hydrogen-bond acceptors (Lipinski definition) is 5. The summed E-state index contributed by atoms with van der Waals surface area (Å²) in [6.07, 6.45) is 1.56. The van der Waals surface area contributed by atoms with Crippen molar-refractivity contribution in [3.63, 3.8) is 0 Å². The topological polar surface area (TPSA) is 73.0 Å². The van der Waals surface area contributed by atoms with Gasteiger partial charge in [-0.25, -0.2) is 0 Å². The van der Waals surface area contributed by atoms with Crippen molar-refractivity contribution in [2.24, 2.45) is 0 Å². The maximum absolute atomic E-state index is 13.2. The van der Waals surface area contributed by atoms with Crippen molar-refractivity contribution in [1.29, 1.82) is 0 Å². The normalized spacial score (nSPS) is 11.1.